The molecule has 0 fully saturated rings. The summed E-state index contributed by atoms with van der Waals surface area (Å²) < 4.78 is 0. The third-order valence-electron chi connectivity index (χ3n) is 2.77. The van der Waals surface area contributed by atoms with Crippen molar-refractivity contribution in [1.82, 2.24) is 4.90 Å². The average molecular weight is 257 g/mol. The van der Waals surface area contributed by atoms with Crippen molar-refractivity contribution in [3.63, 3.8) is 0 Å². The van der Waals surface area contributed by atoms with Crippen LogP contribution in [0.1, 0.15) is 19.4 Å². The number of nitrogens with two attached hydrogens (primary N) is 1. The zero-order chi connectivity index (χ0) is 13.1. The number of phenolic OH excluding ortho intramolecular Hbond substituents is 1. The van der Waals surface area contributed by atoms with Gasteiger partial charge in [-0.15, -0.1) is 0 Å². The van der Waals surface area contributed by atoms with E-state index >= 15 is 0 Å². The average Bonchev–Trinajstić information content (AvgIpc) is 2.23. The normalized spacial score (nSPS) is 12.1. The van der Waals surface area contributed by atoms with E-state index in [1.165, 1.54) is 0 Å². The largest absolute Gasteiger partial charge is 0.508 e. The van der Waals surface area contributed by atoms with Gasteiger partial charge in [0.15, 0.2) is 0 Å². The van der Waals surface area contributed by atoms with E-state index in [0.29, 0.717) is 18.1 Å². The van der Waals surface area contributed by atoms with Crippen LogP contribution in [0.15, 0.2) is 18.2 Å². The molecule has 1 aromatic carbocycles. The lowest BCUT2D eigenvalue weighted by Gasteiger charge is -2.29. The third-order valence-corrected chi connectivity index (χ3v) is 3.13. The molecule has 1 aromatic rings. The number of rotatable bonds is 5. The van der Waals surface area contributed by atoms with E-state index in [1.54, 1.807) is 18.2 Å². The molecule has 0 saturated carbocycles. The van der Waals surface area contributed by atoms with Gasteiger partial charge in [0.2, 0.25) is 0 Å². The minimum Gasteiger partial charge on any atom is -0.508 e. The van der Waals surface area contributed by atoms with Gasteiger partial charge in [-0.1, -0.05) is 31.5 Å². The van der Waals surface area contributed by atoms with Crippen LogP contribution in [0.3, 0.4) is 0 Å². The molecule has 3 nitrogen and oxygen atoms in total. The van der Waals surface area contributed by atoms with Gasteiger partial charge in [0, 0.05) is 23.7 Å². The van der Waals surface area contributed by atoms with Crippen LogP contribution in [-0.2, 0) is 6.54 Å². The zero-order valence-corrected chi connectivity index (χ0v) is 11.5. The Hall–Kier alpha value is -0.770. The number of halogens is 1. The van der Waals surface area contributed by atoms with Crippen LogP contribution in [0.5, 0.6) is 5.75 Å². The molecule has 0 bridgehead atoms. The molecule has 0 aliphatic heterocycles. The lowest BCUT2D eigenvalue weighted by atomic mass is 9.93. The molecule has 0 spiro atoms. The van der Waals surface area contributed by atoms with E-state index in [-0.39, 0.29) is 11.2 Å². The van der Waals surface area contributed by atoms with E-state index in [1.807, 2.05) is 7.05 Å². The molecule has 1 rings (SSSR count). The molecule has 0 aromatic heterocycles. The smallest absolute Gasteiger partial charge is 0.121 e. The maximum absolute atomic E-state index is 9.76. The second kappa shape index (κ2) is 5.71. The van der Waals surface area contributed by atoms with Gasteiger partial charge in [-0.25, -0.2) is 0 Å². The van der Waals surface area contributed by atoms with Gasteiger partial charge >= 0.3 is 0 Å². The first-order valence-electron chi connectivity index (χ1n) is 5.71. The Morgan fingerprint density at radius 2 is 2.06 bits per heavy atom. The highest BCUT2D eigenvalue weighted by atomic mass is 35.5. The Kier molecular flexibility index (Phi) is 4.80. The van der Waals surface area contributed by atoms with Gasteiger partial charge in [0.25, 0.3) is 0 Å². The van der Waals surface area contributed by atoms with Crippen LogP contribution in [0.4, 0.5) is 0 Å². The van der Waals surface area contributed by atoms with Crippen LogP contribution >= 0.6 is 11.6 Å². The second-order valence-electron chi connectivity index (χ2n) is 5.28. The van der Waals surface area contributed by atoms with E-state index in [0.717, 1.165) is 12.1 Å². The summed E-state index contributed by atoms with van der Waals surface area (Å²) in [5.41, 5.74) is 6.53. The van der Waals surface area contributed by atoms with Crippen molar-refractivity contribution in [2.75, 3.05) is 20.1 Å². The van der Waals surface area contributed by atoms with Gasteiger partial charge in [-0.3, -0.25) is 0 Å². The molecule has 17 heavy (non-hydrogen) atoms. The molecule has 0 amide bonds. The van der Waals surface area contributed by atoms with Crippen molar-refractivity contribution in [2.24, 2.45) is 11.1 Å². The van der Waals surface area contributed by atoms with Crippen LogP contribution in [0.25, 0.3) is 0 Å². The minimum absolute atomic E-state index is 0.0611. The van der Waals surface area contributed by atoms with Crippen LogP contribution in [-0.4, -0.2) is 30.1 Å². The van der Waals surface area contributed by atoms with Crippen LogP contribution in [0, 0.1) is 5.41 Å². The van der Waals surface area contributed by atoms with Gasteiger partial charge in [-0.05, 0) is 31.1 Å². The molecule has 0 heterocycles. The minimum atomic E-state index is 0.0611. The maximum atomic E-state index is 9.76. The molecule has 0 unspecified atom stereocenters. The fraction of sp³-hybridized carbons (Fsp3) is 0.538. The molecule has 0 atom stereocenters. The lowest BCUT2D eigenvalue weighted by Crippen LogP contribution is -2.36. The van der Waals surface area contributed by atoms with Crippen molar-refractivity contribution in [1.29, 1.82) is 0 Å². The first kappa shape index (κ1) is 14.3. The zero-order valence-electron chi connectivity index (χ0n) is 10.7. The fourth-order valence-electron chi connectivity index (χ4n) is 1.82. The fourth-order valence-corrected chi connectivity index (χ4v) is 2.05. The lowest BCUT2D eigenvalue weighted by molar-refractivity contribution is 0.208. The molecular formula is C13H21ClN2O. The van der Waals surface area contributed by atoms with Crippen molar-refractivity contribution < 1.29 is 5.11 Å². The topological polar surface area (TPSA) is 49.5 Å². The van der Waals surface area contributed by atoms with E-state index in [9.17, 15) is 5.11 Å². The summed E-state index contributed by atoms with van der Waals surface area (Å²) >= 11 is 6.07. The number of hydrogen-bond acceptors (Lipinski definition) is 3. The highest BCUT2D eigenvalue weighted by Crippen LogP contribution is 2.27. The number of aromatic hydroxyl groups is 1. The maximum Gasteiger partial charge on any atom is 0.121 e. The van der Waals surface area contributed by atoms with Crippen LogP contribution in [0.2, 0.25) is 5.02 Å². The molecule has 0 aliphatic carbocycles. The van der Waals surface area contributed by atoms with E-state index in [4.69, 9.17) is 17.3 Å². The Morgan fingerprint density at radius 3 is 2.59 bits per heavy atom. The summed E-state index contributed by atoms with van der Waals surface area (Å²) in [7, 11) is 2.00. The summed E-state index contributed by atoms with van der Waals surface area (Å²) in [6, 6.07) is 5.19. The SMILES string of the molecule is CN(Cc1c(O)cccc1Cl)CC(C)(C)CN. The summed E-state index contributed by atoms with van der Waals surface area (Å²) in [4.78, 5) is 2.12. The number of phenols is 1. The number of hydrogen-bond donors (Lipinski definition) is 2. The highest BCUT2D eigenvalue weighted by molar-refractivity contribution is 6.31. The molecule has 96 valence electrons. The van der Waals surface area contributed by atoms with Gasteiger partial charge in [-0.2, -0.15) is 0 Å². The predicted molar refractivity (Wildman–Crippen MR) is 72.3 cm³/mol. The predicted octanol–water partition coefficient (Wildman–Crippen LogP) is 2.46. The molecular weight excluding hydrogens is 236 g/mol. The Balaban J connectivity index is 2.72. The Bertz CT molecular complexity index is 359. The van der Waals surface area contributed by atoms with Gasteiger partial charge in [0.1, 0.15) is 5.75 Å². The molecule has 0 aliphatic rings. The number of nitrogens with zero attached hydrogens (tertiary/aromatic N) is 1. The standard InChI is InChI=1S/C13H21ClN2O/c1-13(2,8-15)9-16(3)7-10-11(14)5-4-6-12(10)17/h4-6,17H,7-9,15H2,1-3H3. The number of benzene rings is 1. The monoisotopic (exact) mass is 256 g/mol. The second-order valence-corrected chi connectivity index (χ2v) is 5.69. The van der Waals surface area contributed by atoms with Crippen LogP contribution < -0.4 is 5.73 Å². The first-order valence-corrected chi connectivity index (χ1v) is 6.08. The van der Waals surface area contributed by atoms with Crippen molar-refractivity contribution in [3.05, 3.63) is 28.8 Å². The summed E-state index contributed by atoms with van der Waals surface area (Å²) in [5.74, 6) is 0.245. The molecule has 4 heteroatoms. The van der Waals surface area contributed by atoms with Crippen molar-refractivity contribution in [2.45, 2.75) is 20.4 Å². The summed E-state index contributed by atoms with van der Waals surface area (Å²) in [6.45, 7) is 6.35. The Morgan fingerprint density at radius 1 is 1.41 bits per heavy atom. The summed E-state index contributed by atoms with van der Waals surface area (Å²) in [6.07, 6.45) is 0. The quantitative estimate of drug-likeness (QED) is 0.851. The first-order chi connectivity index (χ1) is 7.85. The van der Waals surface area contributed by atoms with E-state index < -0.39 is 0 Å². The molecule has 0 saturated heterocycles. The van der Waals surface area contributed by atoms with Gasteiger partial charge in [0.05, 0.1) is 0 Å². The molecule has 0 radical (unpaired) electrons. The molecule has 3 N–H and O–H groups in total. The van der Waals surface area contributed by atoms with Gasteiger partial charge < -0.3 is 15.7 Å². The van der Waals surface area contributed by atoms with E-state index in [2.05, 4.69) is 18.7 Å². The van der Waals surface area contributed by atoms with Crippen molar-refractivity contribution in [3.8, 4) is 5.75 Å². The Labute approximate surface area is 108 Å². The van der Waals surface area contributed by atoms with Crippen molar-refractivity contribution >= 4 is 11.6 Å². The summed E-state index contributed by atoms with van der Waals surface area (Å²) in [5, 5.41) is 10.4. The highest BCUT2D eigenvalue weighted by Gasteiger charge is 2.19. The third kappa shape index (κ3) is 4.19.